The van der Waals surface area contributed by atoms with E-state index in [1.807, 2.05) is 19.2 Å². The Hall–Kier alpha value is -2.10. The fourth-order valence-corrected chi connectivity index (χ4v) is 2.50. The largest absolute Gasteiger partial charge is 0.347 e. The summed E-state index contributed by atoms with van der Waals surface area (Å²) in [5.74, 6) is 0.309. The van der Waals surface area contributed by atoms with Crippen LogP contribution >= 0.6 is 0 Å². The first kappa shape index (κ1) is 16.3. The third kappa shape index (κ3) is 3.75. The minimum absolute atomic E-state index is 0.0106. The van der Waals surface area contributed by atoms with Crippen molar-refractivity contribution in [3.8, 4) is 0 Å². The van der Waals surface area contributed by atoms with E-state index in [-0.39, 0.29) is 18.0 Å². The lowest BCUT2D eigenvalue weighted by Gasteiger charge is -2.25. The maximum atomic E-state index is 12.5. The number of nitrogens with zero attached hydrogens (tertiary/aromatic N) is 2. The van der Waals surface area contributed by atoms with Gasteiger partial charge in [0.25, 0.3) is 0 Å². The predicted octanol–water partition coefficient (Wildman–Crippen LogP) is 3.52. The van der Waals surface area contributed by atoms with Crippen molar-refractivity contribution in [1.82, 2.24) is 15.1 Å². The normalized spacial score (nSPS) is 13.9. The molecule has 4 heteroatoms. The van der Waals surface area contributed by atoms with Crippen LogP contribution in [0.25, 0.3) is 0 Å². The maximum absolute atomic E-state index is 12.5. The number of hydrogen-bond donors (Lipinski definition) is 1. The zero-order chi connectivity index (χ0) is 16.1. The predicted molar refractivity (Wildman–Crippen MR) is 88.5 cm³/mol. The molecule has 4 nitrogen and oxygen atoms in total. The summed E-state index contributed by atoms with van der Waals surface area (Å²) < 4.78 is 1.67. The van der Waals surface area contributed by atoms with E-state index in [0.717, 1.165) is 12.0 Å². The maximum Gasteiger partial charge on any atom is 0.245 e. The Balaban J connectivity index is 2.12. The topological polar surface area (TPSA) is 46.9 Å². The van der Waals surface area contributed by atoms with Crippen molar-refractivity contribution < 1.29 is 4.79 Å². The molecule has 2 rings (SSSR count). The number of rotatable bonds is 6. The summed E-state index contributed by atoms with van der Waals surface area (Å²) >= 11 is 0. The lowest BCUT2D eigenvalue weighted by atomic mass is 9.94. The summed E-state index contributed by atoms with van der Waals surface area (Å²) in [6.45, 7) is 8.25. The van der Waals surface area contributed by atoms with Crippen LogP contribution in [0.4, 0.5) is 0 Å². The summed E-state index contributed by atoms with van der Waals surface area (Å²) in [5.41, 5.74) is 2.45. The van der Waals surface area contributed by atoms with Gasteiger partial charge in [0, 0.05) is 12.4 Å². The fraction of sp³-hybridized carbons (Fsp3) is 0.444. The van der Waals surface area contributed by atoms with Gasteiger partial charge in [0.2, 0.25) is 5.91 Å². The molecule has 1 aromatic carbocycles. The van der Waals surface area contributed by atoms with Crippen molar-refractivity contribution >= 4 is 5.91 Å². The first-order valence-electron chi connectivity index (χ1n) is 7.91. The number of hydrogen-bond acceptors (Lipinski definition) is 2. The molecule has 1 aromatic heterocycles. The van der Waals surface area contributed by atoms with Gasteiger partial charge in [-0.15, -0.1) is 0 Å². The van der Waals surface area contributed by atoms with Gasteiger partial charge in [0.05, 0.1) is 6.04 Å². The number of benzene rings is 1. The molecule has 1 N–H and O–H groups in total. The second kappa shape index (κ2) is 7.25. The molecular weight excluding hydrogens is 274 g/mol. The van der Waals surface area contributed by atoms with Gasteiger partial charge in [0.1, 0.15) is 6.04 Å². The first-order valence-corrected chi connectivity index (χ1v) is 7.91. The van der Waals surface area contributed by atoms with Crippen molar-refractivity contribution in [2.75, 3.05) is 0 Å². The van der Waals surface area contributed by atoms with Crippen LogP contribution in [0.1, 0.15) is 50.9 Å². The monoisotopic (exact) mass is 299 g/mol. The third-order valence-electron chi connectivity index (χ3n) is 4.01. The van der Waals surface area contributed by atoms with E-state index < -0.39 is 0 Å². The third-order valence-corrected chi connectivity index (χ3v) is 4.01. The van der Waals surface area contributed by atoms with Crippen LogP contribution in [-0.2, 0) is 11.2 Å². The highest BCUT2D eigenvalue weighted by Crippen LogP contribution is 2.23. The van der Waals surface area contributed by atoms with Gasteiger partial charge in [-0.2, -0.15) is 5.10 Å². The summed E-state index contributed by atoms with van der Waals surface area (Å²) in [6.07, 6.45) is 4.52. The molecular formula is C18H25N3O. The summed E-state index contributed by atoms with van der Waals surface area (Å²) in [7, 11) is 0. The zero-order valence-electron chi connectivity index (χ0n) is 13.8. The van der Waals surface area contributed by atoms with E-state index in [1.54, 1.807) is 10.9 Å². The van der Waals surface area contributed by atoms with Crippen molar-refractivity contribution in [3.63, 3.8) is 0 Å². The molecule has 2 atom stereocenters. The Bertz CT molecular complexity index is 587. The van der Waals surface area contributed by atoms with Gasteiger partial charge >= 0.3 is 0 Å². The molecule has 2 aromatic rings. The fourth-order valence-electron chi connectivity index (χ4n) is 2.50. The number of nitrogens with one attached hydrogen (secondary N) is 1. The lowest BCUT2D eigenvalue weighted by molar-refractivity contribution is -0.125. The van der Waals surface area contributed by atoms with Crippen molar-refractivity contribution in [3.05, 3.63) is 53.9 Å². The quantitative estimate of drug-likeness (QED) is 0.887. The highest BCUT2D eigenvalue weighted by molar-refractivity contribution is 5.80. The molecule has 1 heterocycles. The Morgan fingerprint density at radius 1 is 1.23 bits per heavy atom. The van der Waals surface area contributed by atoms with E-state index in [9.17, 15) is 4.79 Å². The number of aromatic nitrogens is 2. The van der Waals surface area contributed by atoms with E-state index in [1.165, 1.54) is 5.56 Å². The lowest BCUT2D eigenvalue weighted by Crippen LogP contribution is -2.36. The molecule has 0 bridgehead atoms. The van der Waals surface area contributed by atoms with E-state index in [2.05, 4.69) is 55.5 Å². The van der Waals surface area contributed by atoms with Crippen LogP contribution in [0.3, 0.4) is 0 Å². The molecule has 0 fully saturated rings. The van der Waals surface area contributed by atoms with Gasteiger partial charge in [-0.25, -0.2) is 0 Å². The van der Waals surface area contributed by atoms with Crippen molar-refractivity contribution in [2.45, 2.75) is 46.2 Å². The van der Waals surface area contributed by atoms with Gasteiger partial charge in [-0.3, -0.25) is 9.48 Å². The summed E-state index contributed by atoms with van der Waals surface area (Å²) in [6, 6.07) is 10.0. The van der Waals surface area contributed by atoms with Crippen molar-refractivity contribution in [1.29, 1.82) is 0 Å². The average Bonchev–Trinajstić information content (AvgIpc) is 3.05. The van der Waals surface area contributed by atoms with Crippen molar-refractivity contribution in [2.24, 2.45) is 5.92 Å². The van der Waals surface area contributed by atoms with E-state index in [4.69, 9.17) is 0 Å². The molecule has 0 radical (unpaired) electrons. The SMILES string of the molecule is CCc1ccc(C(NC(=O)C(C)n2cccn2)C(C)C)cc1. The van der Waals surface area contributed by atoms with E-state index >= 15 is 0 Å². The molecule has 22 heavy (non-hydrogen) atoms. The Labute approximate surface area is 132 Å². The highest BCUT2D eigenvalue weighted by Gasteiger charge is 2.22. The van der Waals surface area contributed by atoms with Crippen LogP contribution < -0.4 is 5.32 Å². The second-order valence-corrected chi connectivity index (χ2v) is 5.99. The van der Waals surface area contributed by atoms with Crippen LogP contribution in [0.2, 0.25) is 0 Å². The van der Waals surface area contributed by atoms with Crippen LogP contribution in [0, 0.1) is 5.92 Å². The van der Waals surface area contributed by atoms with Crippen LogP contribution in [-0.4, -0.2) is 15.7 Å². The molecule has 0 spiro atoms. The Morgan fingerprint density at radius 3 is 2.41 bits per heavy atom. The summed E-state index contributed by atoms with van der Waals surface area (Å²) in [4.78, 5) is 12.5. The number of amides is 1. The standard InChI is InChI=1S/C18H25N3O/c1-5-15-7-9-16(10-8-15)17(13(2)3)20-18(22)14(4)21-12-6-11-19-21/h6-14,17H,5H2,1-4H3,(H,20,22). The molecule has 0 aliphatic carbocycles. The zero-order valence-corrected chi connectivity index (χ0v) is 13.8. The van der Waals surface area contributed by atoms with Gasteiger partial charge in [0.15, 0.2) is 0 Å². The molecule has 2 unspecified atom stereocenters. The smallest absolute Gasteiger partial charge is 0.245 e. The van der Waals surface area contributed by atoms with Crippen LogP contribution in [0.5, 0.6) is 0 Å². The molecule has 0 aliphatic heterocycles. The second-order valence-electron chi connectivity index (χ2n) is 5.99. The van der Waals surface area contributed by atoms with E-state index in [0.29, 0.717) is 5.92 Å². The van der Waals surface area contributed by atoms with Crippen LogP contribution in [0.15, 0.2) is 42.7 Å². The Kier molecular flexibility index (Phi) is 5.36. The molecule has 0 saturated heterocycles. The number of aryl methyl sites for hydroxylation is 1. The first-order chi connectivity index (χ1) is 10.5. The molecule has 1 amide bonds. The summed E-state index contributed by atoms with van der Waals surface area (Å²) in [5, 5.41) is 7.30. The number of carbonyl (C=O) groups excluding carboxylic acids is 1. The van der Waals surface area contributed by atoms with Gasteiger partial charge < -0.3 is 5.32 Å². The number of carbonyl (C=O) groups is 1. The van der Waals surface area contributed by atoms with Gasteiger partial charge in [-0.1, -0.05) is 45.0 Å². The average molecular weight is 299 g/mol. The molecule has 0 aliphatic rings. The Morgan fingerprint density at radius 2 is 1.91 bits per heavy atom. The molecule has 118 valence electrons. The minimum Gasteiger partial charge on any atom is -0.347 e. The van der Waals surface area contributed by atoms with Gasteiger partial charge in [-0.05, 0) is 36.5 Å². The molecule has 0 saturated carbocycles. The highest BCUT2D eigenvalue weighted by atomic mass is 16.2. The minimum atomic E-state index is -0.314.